The summed E-state index contributed by atoms with van der Waals surface area (Å²) in [6.07, 6.45) is 0. The predicted octanol–water partition coefficient (Wildman–Crippen LogP) is 5.68. The van der Waals surface area contributed by atoms with Crippen molar-refractivity contribution < 1.29 is 13.9 Å². The van der Waals surface area contributed by atoms with Crippen LogP contribution in [0.4, 0.5) is 9.52 Å². The van der Waals surface area contributed by atoms with Crippen LogP contribution in [0.5, 0.6) is 5.75 Å². The molecule has 0 aliphatic carbocycles. The minimum Gasteiger partial charge on any atom is -0.496 e. The molecule has 4 aromatic rings. The van der Waals surface area contributed by atoms with E-state index in [0.29, 0.717) is 27.3 Å². The van der Waals surface area contributed by atoms with Gasteiger partial charge in [0, 0.05) is 21.5 Å². The fraction of sp³-hybridized carbons (Fsp3) is 0.174. The lowest BCUT2D eigenvalue weighted by molar-refractivity contribution is 0.102. The molecule has 0 radical (unpaired) electrons. The van der Waals surface area contributed by atoms with Crippen molar-refractivity contribution in [1.29, 1.82) is 0 Å². The van der Waals surface area contributed by atoms with Crippen molar-refractivity contribution in [2.45, 2.75) is 20.8 Å². The van der Waals surface area contributed by atoms with Crippen LogP contribution in [0.3, 0.4) is 0 Å². The molecule has 152 valence electrons. The first-order valence-electron chi connectivity index (χ1n) is 9.36. The summed E-state index contributed by atoms with van der Waals surface area (Å²) in [5.74, 6) is 0.0547. The number of hydrogen-bond acceptors (Lipinski definition) is 5. The minimum absolute atomic E-state index is 0.345. The van der Waals surface area contributed by atoms with E-state index in [9.17, 15) is 9.18 Å². The van der Waals surface area contributed by atoms with Crippen molar-refractivity contribution in [1.82, 2.24) is 9.97 Å². The monoisotopic (exact) mass is 421 g/mol. The Labute approximate surface area is 177 Å². The number of rotatable bonds is 4. The smallest absolute Gasteiger partial charge is 0.258 e. The second kappa shape index (κ2) is 7.84. The average molecular weight is 421 g/mol. The molecule has 0 spiro atoms. The Morgan fingerprint density at radius 3 is 2.60 bits per heavy atom. The second-order valence-electron chi connectivity index (χ2n) is 7.04. The molecule has 4 rings (SSSR count). The van der Waals surface area contributed by atoms with Gasteiger partial charge in [0.1, 0.15) is 11.6 Å². The van der Waals surface area contributed by atoms with Crippen LogP contribution in [0.1, 0.15) is 26.5 Å². The average Bonchev–Trinajstić information content (AvgIpc) is 3.07. The molecule has 0 aliphatic rings. The number of carbonyl (C=O) groups excluding carboxylic acids is 1. The number of fused-ring (bicyclic) bond motifs is 1. The van der Waals surface area contributed by atoms with Gasteiger partial charge in [-0.15, -0.1) is 11.3 Å². The number of benzene rings is 2. The lowest BCUT2D eigenvalue weighted by Gasteiger charge is -2.08. The lowest BCUT2D eigenvalue weighted by atomic mass is 10.1. The molecule has 1 amide bonds. The fourth-order valence-corrected chi connectivity index (χ4v) is 4.26. The summed E-state index contributed by atoms with van der Waals surface area (Å²) in [6, 6.07) is 11.8. The van der Waals surface area contributed by atoms with E-state index in [1.54, 1.807) is 26.2 Å². The highest BCUT2D eigenvalue weighted by Crippen LogP contribution is 2.33. The van der Waals surface area contributed by atoms with Gasteiger partial charge in [-0.05, 0) is 68.8 Å². The number of halogens is 1. The summed E-state index contributed by atoms with van der Waals surface area (Å²) in [7, 11) is 1.64. The fourth-order valence-electron chi connectivity index (χ4n) is 3.43. The van der Waals surface area contributed by atoms with Crippen molar-refractivity contribution in [3.63, 3.8) is 0 Å². The first kappa shape index (κ1) is 20.0. The first-order chi connectivity index (χ1) is 14.4. The highest BCUT2D eigenvalue weighted by atomic mass is 32.1. The van der Waals surface area contributed by atoms with Crippen LogP contribution in [-0.2, 0) is 0 Å². The van der Waals surface area contributed by atoms with E-state index >= 15 is 0 Å². The van der Waals surface area contributed by atoms with Gasteiger partial charge in [0.15, 0.2) is 5.13 Å². The number of aromatic nitrogens is 2. The van der Waals surface area contributed by atoms with E-state index in [1.807, 2.05) is 32.0 Å². The minimum atomic E-state index is -0.413. The van der Waals surface area contributed by atoms with Crippen molar-refractivity contribution in [3.8, 4) is 17.0 Å². The van der Waals surface area contributed by atoms with Crippen molar-refractivity contribution in [2.24, 2.45) is 0 Å². The molecule has 7 heteroatoms. The number of amides is 1. The van der Waals surface area contributed by atoms with Crippen LogP contribution >= 0.6 is 11.3 Å². The van der Waals surface area contributed by atoms with E-state index in [-0.39, 0.29) is 5.91 Å². The molecule has 0 saturated heterocycles. The van der Waals surface area contributed by atoms with E-state index in [2.05, 4.69) is 15.3 Å². The molecule has 0 fully saturated rings. The molecule has 2 aromatic carbocycles. The zero-order valence-corrected chi connectivity index (χ0v) is 17.9. The Morgan fingerprint density at radius 2 is 1.87 bits per heavy atom. The molecule has 0 aliphatic heterocycles. The highest BCUT2D eigenvalue weighted by molar-refractivity contribution is 7.16. The van der Waals surface area contributed by atoms with Gasteiger partial charge in [-0.2, -0.15) is 0 Å². The Balaban J connectivity index is 1.67. The number of ether oxygens (including phenoxy) is 1. The molecule has 30 heavy (non-hydrogen) atoms. The zero-order chi connectivity index (χ0) is 21.4. The van der Waals surface area contributed by atoms with E-state index < -0.39 is 5.82 Å². The molecular weight excluding hydrogens is 401 g/mol. The molecule has 0 saturated carbocycles. The molecule has 0 bridgehead atoms. The third kappa shape index (κ3) is 3.76. The van der Waals surface area contributed by atoms with Crippen LogP contribution in [0.2, 0.25) is 0 Å². The number of carbonyl (C=O) groups is 1. The Kier molecular flexibility index (Phi) is 5.22. The van der Waals surface area contributed by atoms with E-state index in [1.165, 1.54) is 23.5 Å². The van der Waals surface area contributed by atoms with Crippen molar-refractivity contribution in [3.05, 3.63) is 70.0 Å². The van der Waals surface area contributed by atoms with Crippen LogP contribution in [0.15, 0.2) is 42.5 Å². The zero-order valence-electron chi connectivity index (χ0n) is 17.0. The van der Waals surface area contributed by atoms with Crippen LogP contribution < -0.4 is 10.1 Å². The maximum atomic E-state index is 13.8. The molecule has 2 aromatic heterocycles. The van der Waals surface area contributed by atoms with Gasteiger partial charge in [-0.25, -0.2) is 9.37 Å². The SMILES string of the molecule is COc1ccc(-c2nc(NC(=O)c3cc(C)nc4ccc(F)cc34)sc2C)cc1C. The van der Waals surface area contributed by atoms with Gasteiger partial charge >= 0.3 is 0 Å². The second-order valence-corrected chi connectivity index (χ2v) is 8.24. The molecule has 0 atom stereocenters. The third-order valence-corrected chi connectivity index (χ3v) is 5.72. The van der Waals surface area contributed by atoms with Gasteiger partial charge in [-0.1, -0.05) is 0 Å². The summed E-state index contributed by atoms with van der Waals surface area (Å²) in [6.45, 7) is 5.74. The normalized spacial score (nSPS) is 11.0. The Hall–Kier alpha value is -3.32. The molecule has 1 N–H and O–H groups in total. The topological polar surface area (TPSA) is 64.1 Å². The maximum absolute atomic E-state index is 13.8. The summed E-state index contributed by atoms with van der Waals surface area (Å²) in [5.41, 5.74) is 4.40. The van der Waals surface area contributed by atoms with E-state index in [4.69, 9.17) is 4.74 Å². The molecule has 5 nitrogen and oxygen atoms in total. The van der Waals surface area contributed by atoms with Gasteiger partial charge in [-0.3, -0.25) is 15.1 Å². The number of methoxy groups -OCH3 is 1. The van der Waals surface area contributed by atoms with Crippen LogP contribution in [0, 0.1) is 26.6 Å². The largest absolute Gasteiger partial charge is 0.496 e. The van der Waals surface area contributed by atoms with Gasteiger partial charge in [0.2, 0.25) is 0 Å². The lowest BCUT2D eigenvalue weighted by Crippen LogP contribution is -2.13. The summed E-state index contributed by atoms with van der Waals surface area (Å²) in [5, 5.41) is 3.81. The number of nitrogens with zero attached hydrogens (tertiary/aromatic N) is 2. The number of nitrogens with one attached hydrogen (secondary N) is 1. The maximum Gasteiger partial charge on any atom is 0.258 e. The number of thiazole rings is 1. The van der Waals surface area contributed by atoms with E-state index in [0.717, 1.165) is 27.4 Å². The number of aryl methyl sites for hydroxylation is 3. The summed E-state index contributed by atoms with van der Waals surface area (Å²) >= 11 is 1.40. The number of pyridine rings is 1. The molecular formula is C23H20FN3O2S. The molecule has 0 unspecified atom stereocenters. The summed E-state index contributed by atoms with van der Waals surface area (Å²) < 4.78 is 19.1. The Morgan fingerprint density at radius 1 is 1.07 bits per heavy atom. The molecule has 2 heterocycles. The van der Waals surface area contributed by atoms with Crippen molar-refractivity contribution >= 4 is 33.3 Å². The van der Waals surface area contributed by atoms with Crippen LogP contribution in [0.25, 0.3) is 22.2 Å². The summed E-state index contributed by atoms with van der Waals surface area (Å²) in [4.78, 5) is 23.0. The first-order valence-corrected chi connectivity index (χ1v) is 10.2. The standard InChI is InChI=1S/C23H20FN3O2S/c1-12-9-15(5-8-20(12)29-4)21-14(3)30-23(26-21)27-22(28)18-10-13(2)25-19-7-6-16(24)11-17(18)19/h5-11H,1-4H3,(H,26,27,28). The third-order valence-electron chi connectivity index (χ3n) is 4.83. The number of anilines is 1. The predicted molar refractivity (Wildman–Crippen MR) is 118 cm³/mol. The Bertz CT molecular complexity index is 1280. The highest BCUT2D eigenvalue weighted by Gasteiger charge is 2.17. The quantitative estimate of drug-likeness (QED) is 0.460. The van der Waals surface area contributed by atoms with Crippen LogP contribution in [-0.4, -0.2) is 23.0 Å². The van der Waals surface area contributed by atoms with Crippen molar-refractivity contribution in [2.75, 3.05) is 12.4 Å². The van der Waals surface area contributed by atoms with Gasteiger partial charge in [0.25, 0.3) is 5.91 Å². The van der Waals surface area contributed by atoms with Gasteiger partial charge in [0.05, 0.1) is 23.9 Å². The number of hydrogen-bond donors (Lipinski definition) is 1. The van der Waals surface area contributed by atoms with Gasteiger partial charge < -0.3 is 4.74 Å².